The summed E-state index contributed by atoms with van der Waals surface area (Å²) in [5, 5.41) is 16.6. The Bertz CT molecular complexity index is 1030. The highest BCUT2D eigenvalue weighted by molar-refractivity contribution is 8.03. The quantitative estimate of drug-likeness (QED) is 0.621. The molecule has 0 radical (unpaired) electrons. The van der Waals surface area contributed by atoms with Crippen molar-refractivity contribution in [3.63, 3.8) is 0 Å². The molecule has 0 spiro atoms. The standard InChI is InChI=1S/C20H14Cl3N3O2S/c21-12-6-4-11(5-7-12)13-8-17(27)26-20(14(13)9-24)29-10-18(28)25-16-3-1-2-15(22)19(16)23/h1-7,13H,8,10H2,(H,25,28)(H,26,27)/t13-/m1/s1. The monoisotopic (exact) mass is 465 g/mol. The number of carbonyl (C=O) groups excluding carboxylic acids is 2. The molecule has 1 atom stereocenters. The van der Waals surface area contributed by atoms with Crippen LogP contribution < -0.4 is 10.6 Å². The molecule has 148 valence electrons. The third-order valence-electron chi connectivity index (χ3n) is 4.20. The van der Waals surface area contributed by atoms with Crippen molar-refractivity contribution >= 4 is 64.1 Å². The molecule has 1 aliphatic heterocycles. The average Bonchev–Trinajstić information content (AvgIpc) is 2.70. The lowest BCUT2D eigenvalue weighted by Crippen LogP contribution is -2.31. The number of carbonyl (C=O) groups is 2. The van der Waals surface area contributed by atoms with Gasteiger partial charge in [0.15, 0.2) is 0 Å². The van der Waals surface area contributed by atoms with Crippen LogP contribution in [-0.4, -0.2) is 17.6 Å². The number of rotatable bonds is 5. The Morgan fingerprint density at radius 2 is 1.93 bits per heavy atom. The first kappa shape index (κ1) is 21.5. The maximum Gasteiger partial charge on any atom is 0.234 e. The van der Waals surface area contributed by atoms with E-state index in [1.54, 1.807) is 42.5 Å². The largest absolute Gasteiger partial charge is 0.324 e. The van der Waals surface area contributed by atoms with Gasteiger partial charge in [0.1, 0.15) is 0 Å². The van der Waals surface area contributed by atoms with Gasteiger partial charge in [-0.2, -0.15) is 5.26 Å². The van der Waals surface area contributed by atoms with Crippen molar-refractivity contribution in [2.24, 2.45) is 0 Å². The van der Waals surface area contributed by atoms with Gasteiger partial charge in [-0.1, -0.05) is 64.8 Å². The minimum Gasteiger partial charge on any atom is -0.324 e. The molecule has 1 heterocycles. The van der Waals surface area contributed by atoms with Gasteiger partial charge in [0.25, 0.3) is 0 Å². The third kappa shape index (κ3) is 5.26. The smallest absolute Gasteiger partial charge is 0.234 e. The zero-order chi connectivity index (χ0) is 21.0. The molecule has 1 aliphatic rings. The van der Waals surface area contributed by atoms with Crippen molar-refractivity contribution in [1.29, 1.82) is 5.26 Å². The molecule has 3 rings (SSSR count). The number of anilines is 1. The van der Waals surface area contributed by atoms with Crippen LogP contribution in [-0.2, 0) is 9.59 Å². The van der Waals surface area contributed by atoms with Crippen LogP contribution in [0.25, 0.3) is 0 Å². The number of thioether (sulfide) groups is 1. The van der Waals surface area contributed by atoms with Gasteiger partial charge < -0.3 is 10.6 Å². The Labute approximate surface area is 187 Å². The predicted molar refractivity (Wildman–Crippen MR) is 117 cm³/mol. The molecule has 0 bridgehead atoms. The Balaban J connectivity index is 1.76. The fraction of sp³-hybridized carbons (Fsp3) is 0.150. The lowest BCUT2D eigenvalue weighted by Gasteiger charge is -2.25. The summed E-state index contributed by atoms with van der Waals surface area (Å²) in [6.45, 7) is 0. The molecule has 2 aromatic carbocycles. The first-order valence-electron chi connectivity index (χ1n) is 8.45. The molecule has 0 unspecified atom stereocenters. The Hall–Kier alpha value is -2.17. The van der Waals surface area contributed by atoms with Crippen molar-refractivity contribution in [1.82, 2.24) is 5.32 Å². The van der Waals surface area contributed by atoms with Gasteiger partial charge in [-0.25, -0.2) is 0 Å². The summed E-state index contributed by atoms with van der Waals surface area (Å²) in [4.78, 5) is 24.5. The van der Waals surface area contributed by atoms with Crippen LogP contribution in [0.3, 0.4) is 0 Å². The highest BCUT2D eigenvalue weighted by Gasteiger charge is 2.29. The molecule has 0 saturated heterocycles. The van der Waals surface area contributed by atoms with Gasteiger partial charge in [0.05, 0.1) is 38.2 Å². The maximum absolute atomic E-state index is 12.3. The minimum absolute atomic E-state index is 0.0169. The van der Waals surface area contributed by atoms with Gasteiger partial charge in [0.2, 0.25) is 11.8 Å². The molecule has 0 aliphatic carbocycles. The number of nitrogens with one attached hydrogen (secondary N) is 2. The summed E-state index contributed by atoms with van der Waals surface area (Å²) < 4.78 is 0. The van der Waals surface area contributed by atoms with Crippen molar-refractivity contribution in [2.45, 2.75) is 12.3 Å². The Kier molecular flexibility index (Phi) is 7.09. The number of hydrogen-bond donors (Lipinski definition) is 2. The molecule has 0 fully saturated rings. The highest BCUT2D eigenvalue weighted by atomic mass is 35.5. The van der Waals surface area contributed by atoms with Crippen molar-refractivity contribution in [2.75, 3.05) is 11.1 Å². The Morgan fingerprint density at radius 1 is 1.21 bits per heavy atom. The zero-order valence-electron chi connectivity index (χ0n) is 14.8. The van der Waals surface area contributed by atoms with E-state index in [2.05, 4.69) is 16.7 Å². The fourth-order valence-corrected chi connectivity index (χ4v) is 4.19. The lowest BCUT2D eigenvalue weighted by molar-refractivity contribution is -0.121. The number of nitrogens with zero attached hydrogens (tertiary/aromatic N) is 1. The summed E-state index contributed by atoms with van der Waals surface area (Å²) in [5.74, 6) is -0.965. The maximum atomic E-state index is 12.3. The fourth-order valence-electron chi connectivity index (χ4n) is 2.84. The average molecular weight is 467 g/mol. The molecule has 0 saturated carbocycles. The molecular formula is C20H14Cl3N3O2S. The SMILES string of the molecule is N#CC1=C(SCC(=O)Nc2cccc(Cl)c2Cl)NC(=O)C[C@@H]1c1ccc(Cl)cc1. The second-order valence-electron chi connectivity index (χ2n) is 6.15. The lowest BCUT2D eigenvalue weighted by atomic mass is 9.87. The van der Waals surface area contributed by atoms with Gasteiger partial charge in [-0.3, -0.25) is 9.59 Å². The number of benzene rings is 2. The van der Waals surface area contributed by atoms with E-state index in [9.17, 15) is 14.9 Å². The molecule has 2 amide bonds. The molecule has 0 aromatic heterocycles. The number of halogens is 3. The summed E-state index contributed by atoms with van der Waals surface area (Å²) in [7, 11) is 0. The zero-order valence-corrected chi connectivity index (χ0v) is 17.9. The molecule has 9 heteroatoms. The van der Waals surface area contributed by atoms with E-state index in [4.69, 9.17) is 34.8 Å². The van der Waals surface area contributed by atoms with E-state index in [1.807, 2.05) is 0 Å². The van der Waals surface area contributed by atoms with E-state index in [-0.39, 0.29) is 34.9 Å². The van der Waals surface area contributed by atoms with E-state index < -0.39 is 0 Å². The number of hydrogen-bond acceptors (Lipinski definition) is 4. The van der Waals surface area contributed by atoms with Crippen LogP contribution >= 0.6 is 46.6 Å². The molecule has 29 heavy (non-hydrogen) atoms. The number of allylic oxidation sites excluding steroid dienone is 1. The van der Waals surface area contributed by atoms with Crippen LogP contribution in [0.15, 0.2) is 53.1 Å². The van der Waals surface area contributed by atoms with Crippen molar-refractivity contribution in [3.05, 3.63) is 73.7 Å². The van der Waals surface area contributed by atoms with Gasteiger partial charge in [-0.05, 0) is 29.8 Å². The molecule has 5 nitrogen and oxygen atoms in total. The van der Waals surface area contributed by atoms with Crippen molar-refractivity contribution in [3.8, 4) is 6.07 Å². The predicted octanol–water partition coefficient (Wildman–Crippen LogP) is 5.36. The molecule has 2 N–H and O–H groups in total. The van der Waals surface area contributed by atoms with E-state index in [0.717, 1.165) is 17.3 Å². The summed E-state index contributed by atoms with van der Waals surface area (Å²) in [5.41, 5.74) is 1.62. The van der Waals surface area contributed by atoms with Crippen LogP contribution in [0.2, 0.25) is 15.1 Å². The first-order chi connectivity index (χ1) is 13.9. The molecular weight excluding hydrogens is 453 g/mol. The second-order valence-corrected chi connectivity index (χ2v) is 8.36. The first-order valence-corrected chi connectivity index (χ1v) is 10.6. The van der Waals surface area contributed by atoms with Gasteiger partial charge >= 0.3 is 0 Å². The summed E-state index contributed by atoms with van der Waals surface area (Å²) in [6, 6.07) is 14.1. The van der Waals surface area contributed by atoms with E-state index in [1.165, 1.54) is 0 Å². The van der Waals surface area contributed by atoms with E-state index >= 15 is 0 Å². The minimum atomic E-state index is -0.390. The van der Waals surface area contributed by atoms with Crippen LogP contribution in [0.4, 0.5) is 5.69 Å². The number of nitriles is 1. The van der Waals surface area contributed by atoms with Crippen LogP contribution in [0.5, 0.6) is 0 Å². The second kappa shape index (κ2) is 9.55. The van der Waals surface area contributed by atoms with Gasteiger partial charge in [-0.15, -0.1) is 0 Å². The summed E-state index contributed by atoms with van der Waals surface area (Å²) in [6.07, 6.45) is 0.152. The highest BCUT2D eigenvalue weighted by Crippen LogP contribution is 2.36. The molecule has 2 aromatic rings. The topological polar surface area (TPSA) is 82.0 Å². The third-order valence-corrected chi connectivity index (χ3v) is 6.29. The summed E-state index contributed by atoms with van der Waals surface area (Å²) >= 11 is 19.0. The van der Waals surface area contributed by atoms with Crippen molar-refractivity contribution < 1.29 is 9.59 Å². The van der Waals surface area contributed by atoms with E-state index in [0.29, 0.717) is 26.3 Å². The van der Waals surface area contributed by atoms with Crippen LogP contribution in [0.1, 0.15) is 17.9 Å². The van der Waals surface area contributed by atoms with Crippen LogP contribution in [0, 0.1) is 11.3 Å². The normalized spacial score (nSPS) is 16.2. The Morgan fingerprint density at radius 3 is 2.62 bits per heavy atom. The van der Waals surface area contributed by atoms with Gasteiger partial charge in [0, 0.05) is 17.4 Å². The number of amides is 2.